The van der Waals surface area contributed by atoms with Gasteiger partial charge in [-0.2, -0.15) is 0 Å². The van der Waals surface area contributed by atoms with E-state index in [1.54, 1.807) is 38.5 Å². The summed E-state index contributed by atoms with van der Waals surface area (Å²) in [6.45, 7) is 0. The molecule has 0 aromatic carbocycles. The maximum atomic E-state index is 12.3. The van der Waals surface area contributed by atoms with Gasteiger partial charge in [0, 0.05) is 31.9 Å². The van der Waals surface area contributed by atoms with Gasteiger partial charge in [-0.1, -0.05) is 0 Å². The van der Waals surface area contributed by atoms with Crippen LogP contribution in [0, 0.1) is 5.92 Å². The lowest BCUT2D eigenvalue weighted by Gasteiger charge is -2.26. The van der Waals surface area contributed by atoms with Crippen LogP contribution in [-0.2, 0) is 28.5 Å². The second kappa shape index (κ2) is 9.73. The van der Waals surface area contributed by atoms with E-state index in [1.165, 1.54) is 0 Å². The Bertz CT molecular complexity index is 719. The van der Waals surface area contributed by atoms with Gasteiger partial charge in [0.2, 0.25) is 0 Å². The van der Waals surface area contributed by atoms with Crippen LogP contribution in [-0.4, -0.2) is 32.3 Å². The minimum Gasteiger partial charge on any atom is -0.501 e. The highest BCUT2D eigenvalue weighted by molar-refractivity contribution is 5.89. The lowest BCUT2D eigenvalue weighted by atomic mass is 9.87. The van der Waals surface area contributed by atoms with Crippen molar-refractivity contribution in [1.29, 1.82) is 0 Å². The molecular weight excluding hydrogens is 360 g/mol. The Balaban J connectivity index is 1.49. The van der Waals surface area contributed by atoms with Crippen LogP contribution in [0.25, 0.3) is 0 Å². The molecule has 0 aliphatic heterocycles. The number of methoxy groups -OCH3 is 2. The molecule has 152 valence electrons. The molecule has 0 aromatic rings. The summed E-state index contributed by atoms with van der Waals surface area (Å²) in [6.07, 6.45) is 13.0. The first kappa shape index (κ1) is 20.4. The highest BCUT2D eigenvalue weighted by Crippen LogP contribution is 2.29. The van der Waals surface area contributed by atoms with Gasteiger partial charge < -0.3 is 18.9 Å². The molecule has 28 heavy (non-hydrogen) atoms. The molecule has 0 amide bonds. The molecule has 0 saturated heterocycles. The molecule has 0 unspecified atom stereocenters. The summed E-state index contributed by atoms with van der Waals surface area (Å²) in [7, 11) is 3.34. The first-order valence-electron chi connectivity index (χ1n) is 9.89. The lowest BCUT2D eigenvalue weighted by molar-refractivity contribution is -0.146. The molecular formula is C22H28O6. The molecule has 0 radical (unpaired) electrons. The average molecular weight is 388 g/mol. The van der Waals surface area contributed by atoms with E-state index < -0.39 is 0 Å². The Morgan fingerprint density at radius 3 is 1.93 bits per heavy atom. The maximum Gasteiger partial charge on any atom is 0.339 e. The standard InChI is InChI=1S/C22H28O6/c1-25-17-7-3-15(4-8-17)21(23)27-19-11-13-20(14-12-19)28-22(24)16-5-9-18(26-2)10-6-16/h3,7,11,13,16,18H,4-6,8-10,12,14H2,1-2H3. The second-order valence-corrected chi connectivity index (χ2v) is 7.31. The summed E-state index contributed by atoms with van der Waals surface area (Å²) in [5.74, 6) is 1.53. The van der Waals surface area contributed by atoms with E-state index in [-0.39, 0.29) is 24.0 Å². The van der Waals surface area contributed by atoms with Crippen molar-refractivity contribution >= 4 is 11.9 Å². The van der Waals surface area contributed by atoms with Gasteiger partial charge in [-0.3, -0.25) is 4.79 Å². The number of carbonyl (C=O) groups excluding carboxylic acids is 2. The predicted molar refractivity (Wildman–Crippen MR) is 103 cm³/mol. The molecule has 3 rings (SSSR count). The molecule has 6 nitrogen and oxygen atoms in total. The highest BCUT2D eigenvalue weighted by atomic mass is 16.5. The Morgan fingerprint density at radius 1 is 0.786 bits per heavy atom. The second-order valence-electron chi connectivity index (χ2n) is 7.31. The van der Waals surface area contributed by atoms with E-state index in [1.807, 2.05) is 0 Å². The number of allylic oxidation sites excluding steroid dienone is 7. The smallest absolute Gasteiger partial charge is 0.339 e. The number of ether oxygens (including phenoxy) is 4. The Hall–Kier alpha value is -2.34. The fraction of sp³-hybridized carbons (Fsp3) is 0.545. The van der Waals surface area contributed by atoms with Crippen molar-refractivity contribution in [2.45, 2.75) is 57.5 Å². The third kappa shape index (κ3) is 5.35. The normalized spacial score (nSPS) is 24.9. The van der Waals surface area contributed by atoms with Gasteiger partial charge in [-0.25, -0.2) is 4.79 Å². The van der Waals surface area contributed by atoms with Gasteiger partial charge in [-0.05, 0) is 56.4 Å². The zero-order valence-electron chi connectivity index (χ0n) is 16.6. The van der Waals surface area contributed by atoms with Gasteiger partial charge in [0.05, 0.1) is 24.9 Å². The fourth-order valence-corrected chi connectivity index (χ4v) is 3.66. The van der Waals surface area contributed by atoms with Crippen LogP contribution in [0.5, 0.6) is 0 Å². The Morgan fingerprint density at radius 2 is 1.39 bits per heavy atom. The zero-order valence-corrected chi connectivity index (χ0v) is 16.6. The maximum absolute atomic E-state index is 12.3. The monoisotopic (exact) mass is 388 g/mol. The Labute approximate surface area is 165 Å². The largest absolute Gasteiger partial charge is 0.501 e. The lowest BCUT2D eigenvalue weighted by Crippen LogP contribution is -2.27. The van der Waals surface area contributed by atoms with Gasteiger partial charge >= 0.3 is 11.9 Å². The third-order valence-electron chi connectivity index (χ3n) is 5.50. The van der Waals surface area contributed by atoms with Crippen molar-refractivity contribution in [3.8, 4) is 0 Å². The number of esters is 2. The van der Waals surface area contributed by atoms with E-state index in [0.717, 1.165) is 31.4 Å². The van der Waals surface area contributed by atoms with Crippen molar-refractivity contribution in [3.05, 3.63) is 47.2 Å². The summed E-state index contributed by atoms with van der Waals surface area (Å²) in [6, 6.07) is 0. The molecule has 0 N–H and O–H groups in total. The summed E-state index contributed by atoms with van der Waals surface area (Å²) in [5.41, 5.74) is 0.634. The van der Waals surface area contributed by atoms with Crippen LogP contribution >= 0.6 is 0 Å². The van der Waals surface area contributed by atoms with Gasteiger partial charge in [-0.15, -0.1) is 0 Å². The van der Waals surface area contributed by atoms with Crippen LogP contribution in [0.1, 0.15) is 51.4 Å². The van der Waals surface area contributed by atoms with Crippen molar-refractivity contribution in [1.82, 2.24) is 0 Å². The topological polar surface area (TPSA) is 71.1 Å². The summed E-state index contributed by atoms with van der Waals surface area (Å²) in [4.78, 5) is 24.6. The van der Waals surface area contributed by atoms with E-state index >= 15 is 0 Å². The van der Waals surface area contributed by atoms with E-state index in [0.29, 0.717) is 42.8 Å². The van der Waals surface area contributed by atoms with Crippen molar-refractivity contribution in [3.63, 3.8) is 0 Å². The summed E-state index contributed by atoms with van der Waals surface area (Å²) >= 11 is 0. The van der Waals surface area contributed by atoms with Gasteiger partial charge in [0.1, 0.15) is 11.5 Å². The van der Waals surface area contributed by atoms with Gasteiger partial charge in [0.15, 0.2) is 0 Å². The molecule has 0 spiro atoms. The fourth-order valence-electron chi connectivity index (χ4n) is 3.66. The van der Waals surface area contributed by atoms with Crippen molar-refractivity contribution < 1.29 is 28.5 Å². The molecule has 0 bridgehead atoms. The molecule has 0 heterocycles. The SMILES string of the molecule is COC1=CC=C(C(=O)OC2=CC=C(OC(=O)C3CCC(OC)CC3)CC2)CC1. The molecule has 3 aliphatic carbocycles. The molecule has 0 atom stereocenters. The first-order valence-corrected chi connectivity index (χ1v) is 9.89. The van der Waals surface area contributed by atoms with Gasteiger partial charge in [0.25, 0.3) is 0 Å². The summed E-state index contributed by atoms with van der Waals surface area (Å²) in [5, 5.41) is 0. The molecule has 1 saturated carbocycles. The zero-order chi connectivity index (χ0) is 19.9. The average Bonchev–Trinajstić information content (AvgIpc) is 2.75. The molecule has 6 heteroatoms. The quantitative estimate of drug-likeness (QED) is 0.638. The van der Waals surface area contributed by atoms with Crippen molar-refractivity contribution in [2.75, 3.05) is 14.2 Å². The number of rotatable bonds is 6. The first-order chi connectivity index (χ1) is 13.6. The summed E-state index contributed by atoms with van der Waals surface area (Å²) < 4.78 is 21.5. The number of hydrogen-bond donors (Lipinski definition) is 0. The molecule has 3 aliphatic rings. The van der Waals surface area contributed by atoms with E-state index in [2.05, 4.69) is 0 Å². The van der Waals surface area contributed by atoms with E-state index in [9.17, 15) is 9.59 Å². The van der Waals surface area contributed by atoms with Crippen molar-refractivity contribution in [2.24, 2.45) is 5.92 Å². The molecule has 0 aromatic heterocycles. The molecule has 1 fully saturated rings. The van der Waals surface area contributed by atoms with Crippen LogP contribution in [0.4, 0.5) is 0 Å². The minimum atomic E-state index is -0.332. The predicted octanol–water partition coefficient (Wildman–Crippen LogP) is 4.09. The number of carbonyl (C=O) groups is 2. The minimum absolute atomic E-state index is 0.0567. The third-order valence-corrected chi connectivity index (χ3v) is 5.50. The number of hydrogen-bond acceptors (Lipinski definition) is 6. The van der Waals surface area contributed by atoms with Crippen LogP contribution in [0.15, 0.2) is 47.2 Å². The highest BCUT2D eigenvalue weighted by Gasteiger charge is 2.28. The Kier molecular flexibility index (Phi) is 7.09. The van der Waals surface area contributed by atoms with Crippen LogP contribution in [0.3, 0.4) is 0 Å². The van der Waals surface area contributed by atoms with Crippen LogP contribution in [0.2, 0.25) is 0 Å². The van der Waals surface area contributed by atoms with E-state index in [4.69, 9.17) is 18.9 Å². The van der Waals surface area contributed by atoms with Crippen LogP contribution < -0.4 is 0 Å².